The zero-order valence-corrected chi connectivity index (χ0v) is 13.3. The molecule has 0 aliphatic heterocycles. The Hall–Kier alpha value is -1.94. The van der Waals surface area contributed by atoms with Gasteiger partial charge in [0, 0.05) is 10.7 Å². The van der Waals surface area contributed by atoms with Crippen LogP contribution in [0.2, 0.25) is 5.02 Å². The number of carbonyl (C=O) groups is 1. The minimum absolute atomic E-state index is 0.171. The number of alkyl halides is 3. The molecule has 0 radical (unpaired) electrons. The second kappa shape index (κ2) is 6.67. The van der Waals surface area contributed by atoms with Gasteiger partial charge < -0.3 is 11.2 Å². The number of anilines is 1. The molecule has 1 amide bonds. The maximum atomic E-state index is 12.5. The Balaban J connectivity index is 1.98. The molecule has 6 nitrogen and oxygen atoms in total. The lowest BCUT2D eigenvalue weighted by Crippen LogP contribution is -2.22. The van der Waals surface area contributed by atoms with Crippen LogP contribution in [0.4, 0.5) is 18.9 Å². The molecular weight excluding hydrogens is 355 g/mol. The number of benzene rings is 1. The van der Waals surface area contributed by atoms with Crippen LogP contribution in [0.15, 0.2) is 23.4 Å². The van der Waals surface area contributed by atoms with Crippen LogP contribution in [-0.2, 0) is 11.0 Å². The number of thioether (sulfide) groups is 1. The first-order valence-electron chi connectivity index (χ1n) is 6.15. The lowest BCUT2D eigenvalue weighted by molar-refractivity contribution is -0.146. The van der Waals surface area contributed by atoms with Gasteiger partial charge in [0.15, 0.2) is 0 Å². The Morgan fingerprint density at radius 2 is 2.13 bits per heavy atom. The van der Waals surface area contributed by atoms with Gasteiger partial charge in [0.25, 0.3) is 5.82 Å². The molecule has 2 rings (SSSR count). The van der Waals surface area contributed by atoms with Crippen molar-refractivity contribution in [1.29, 1.82) is 0 Å². The highest BCUT2D eigenvalue weighted by Crippen LogP contribution is 2.29. The molecule has 1 heterocycles. The molecule has 0 unspecified atom stereocenters. The summed E-state index contributed by atoms with van der Waals surface area (Å²) in [4.78, 5) is 11.9. The van der Waals surface area contributed by atoms with Crippen LogP contribution in [0, 0.1) is 6.92 Å². The monoisotopic (exact) mass is 365 g/mol. The number of amides is 1. The van der Waals surface area contributed by atoms with Gasteiger partial charge in [-0.05, 0) is 30.7 Å². The molecular formula is C12H11ClF3N5OS. The second-order valence-corrected chi connectivity index (χ2v) is 5.85. The van der Waals surface area contributed by atoms with E-state index in [-0.39, 0.29) is 10.9 Å². The predicted octanol–water partition coefficient (Wildman–Crippen LogP) is 2.70. The number of aromatic nitrogens is 3. The van der Waals surface area contributed by atoms with Crippen molar-refractivity contribution in [2.24, 2.45) is 0 Å². The highest BCUT2D eigenvalue weighted by molar-refractivity contribution is 7.99. The third kappa shape index (κ3) is 4.29. The number of nitrogen functional groups attached to an aromatic ring is 1. The van der Waals surface area contributed by atoms with E-state index in [1.165, 1.54) is 0 Å². The Kier molecular flexibility index (Phi) is 5.05. The van der Waals surface area contributed by atoms with Crippen LogP contribution >= 0.6 is 23.4 Å². The molecule has 0 aliphatic carbocycles. The van der Waals surface area contributed by atoms with E-state index in [2.05, 4.69) is 15.5 Å². The number of nitrogens with two attached hydrogens (primary N) is 1. The summed E-state index contributed by atoms with van der Waals surface area (Å²) in [6.45, 7) is 1.76. The van der Waals surface area contributed by atoms with Gasteiger partial charge in [0.05, 0.1) is 5.75 Å². The standard InChI is InChI=1S/C12H11ClF3N5OS/c1-6-4-7(13)2-3-8(6)18-9(22)5-23-11-20-19-10(21(11)17)12(14,15)16/h2-4H,5,17H2,1H3,(H,18,22). The van der Waals surface area contributed by atoms with Gasteiger partial charge >= 0.3 is 6.18 Å². The minimum Gasteiger partial charge on any atom is -0.335 e. The lowest BCUT2D eigenvalue weighted by atomic mass is 10.2. The third-order valence-corrected chi connectivity index (χ3v) is 3.89. The average Bonchev–Trinajstić information content (AvgIpc) is 2.81. The molecule has 0 fully saturated rings. The number of aryl methyl sites for hydroxylation is 1. The van der Waals surface area contributed by atoms with Gasteiger partial charge in [-0.3, -0.25) is 4.79 Å². The Morgan fingerprint density at radius 3 is 2.70 bits per heavy atom. The van der Waals surface area contributed by atoms with E-state index in [0.29, 0.717) is 15.4 Å². The first kappa shape index (κ1) is 17.4. The normalized spacial score (nSPS) is 11.5. The van der Waals surface area contributed by atoms with E-state index < -0.39 is 17.9 Å². The lowest BCUT2D eigenvalue weighted by Gasteiger charge is -2.08. The van der Waals surface area contributed by atoms with Gasteiger partial charge in [-0.2, -0.15) is 13.2 Å². The summed E-state index contributed by atoms with van der Waals surface area (Å²) in [6.07, 6.45) is -4.71. The molecule has 11 heteroatoms. The summed E-state index contributed by atoms with van der Waals surface area (Å²) in [5.74, 6) is 3.36. The van der Waals surface area contributed by atoms with E-state index >= 15 is 0 Å². The fourth-order valence-electron chi connectivity index (χ4n) is 1.65. The fourth-order valence-corrected chi connectivity index (χ4v) is 2.54. The van der Waals surface area contributed by atoms with Crippen molar-refractivity contribution in [2.75, 3.05) is 16.9 Å². The molecule has 0 saturated carbocycles. The zero-order chi connectivity index (χ0) is 17.2. The number of hydrogen-bond acceptors (Lipinski definition) is 5. The van der Waals surface area contributed by atoms with Crippen molar-refractivity contribution in [1.82, 2.24) is 14.9 Å². The number of nitrogens with zero attached hydrogens (tertiary/aromatic N) is 3. The van der Waals surface area contributed by atoms with Gasteiger partial charge in [-0.1, -0.05) is 23.4 Å². The summed E-state index contributed by atoms with van der Waals surface area (Å²) in [7, 11) is 0. The maximum Gasteiger partial charge on any atom is 0.453 e. The molecule has 1 aromatic carbocycles. The second-order valence-electron chi connectivity index (χ2n) is 4.47. The highest BCUT2D eigenvalue weighted by atomic mass is 35.5. The van der Waals surface area contributed by atoms with Gasteiger partial charge in [-0.25, -0.2) is 4.68 Å². The summed E-state index contributed by atoms with van der Waals surface area (Å²) in [6, 6.07) is 4.92. The Bertz CT molecular complexity index is 734. The quantitative estimate of drug-likeness (QED) is 0.642. The molecule has 3 N–H and O–H groups in total. The number of rotatable bonds is 4. The van der Waals surface area contributed by atoms with Crippen molar-refractivity contribution >= 4 is 35.0 Å². The molecule has 0 saturated heterocycles. The Morgan fingerprint density at radius 1 is 1.43 bits per heavy atom. The van der Waals surface area contributed by atoms with Gasteiger partial charge in [0.2, 0.25) is 11.1 Å². The fraction of sp³-hybridized carbons (Fsp3) is 0.250. The minimum atomic E-state index is -4.71. The van der Waals surface area contributed by atoms with Gasteiger partial charge in [0.1, 0.15) is 0 Å². The molecule has 23 heavy (non-hydrogen) atoms. The predicted molar refractivity (Wildman–Crippen MR) is 80.7 cm³/mol. The van der Waals surface area contributed by atoms with Crippen molar-refractivity contribution in [3.63, 3.8) is 0 Å². The zero-order valence-electron chi connectivity index (χ0n) is 11.7. The molecule has 0 atom stereocenters. The van der Waals surface area contributed by atoms with Crippen LogP contribution < -0.4 is 11.2 Å². The number of hydrogen-bond donors (Lipinski definition) is 2. The summed E-state index contributed by atoms with van der Waals surface area (Å²) in [5, 5.41) is 9.24. The van der Waals surface area contributed by atoms with Crippen LogP contribution in [0.1, 0.15) is 11.4 Å². The van der Waals surface area contributed by atoms with E-state index in [1.54, 1.807) is 25.1 Å². The van der Waals surface area contributed by atoms with E-state index in [4.69, 9.17) is 17.4 Å². The van der Waals surface area contributed by atoms with Crippen molar-refractivity contribution < 1.29 is 18.0 Å². The molecule has 1 aromatic heterocycles. The summed E-state index contributed by atoms with van der Waals surface area (Å²) in [5.41, 5.74) is 1.32. The van der Waals surface area contributed by atoms with E-state index in [0.717, 1.165) is 17.3 Å². The van der Waals surface area contributed by atoms with Crippen molar-refractivity contribution in [2.45, 2.75) is 18.3 Å². The highest BCUT2D eigenvalue weighted by Gasteiger charge is 2.38. The number of carbonyl (C=O) groups excluding carboxylic acids is 1. The van der Waals surface area contributed by atoms with E-state index in [9.17, 15) is 18.0 Å². The Labute approximate surface area is 138 Å². The smallest absolute Gasteiger partial charge is 0.335 e. The first-order chi connectivity index (χ1) is 10.7. The SMILES string of the molecule is Cc1cc(Cl)ccc1NC(=O)CSc1nnc(C(F)(F)F)n1N. The van der Waals surface area contributed by atoms with Gasteiger partial charge in [-0.15, -0.1) is 10.2 Å². The van der Waals surface area contributed by atoms with Crippen molar-refractivity contribution in [3.05, 3.63) is 34.6 Å². The van der Waals surface area contributed by atoms with Crippen LogP contribution in [0.3, 0.4) is 0 Å². The number of nitrogens with one attached hydrogen (secondary N) is 1. The third-order valence-electron chi connectivity index (χ3n) is 2.71. The van der Waals surface area contributed by atoms with Crippen LogP contribution in [-0.4, -0.2) is 26.5 Å². The summed E-state index contributed by atoms with van der Waals surface area (Å²) >= 11 is 6.56. The number of halogens is 4. The van der Waals surface area contributed by atoms with Crippen LogP contribution in [0.25, 0.3) is 0 Å². The molecule has 0 spiro atoms. The molecule has 124 valence electrons. The molecule has 0 bridgehead atoms. The maximum absolute atomic E-state index is 12.5. The van der Waals surface area contributed by atoms with Crippen molar-refractivity contribution in [3.8, 4) is 0 Å². The van der Waals surface area contributed by atoms with E-state index in [1.807, 2.05) is 0 Å². The van der Waals surface area contributed by atoms with Crippen LogP contribution in [0.5, 0.6) is 0 Å². The first-order valence-corrected chi connectivity index (χ1v) is 7.51. The molecule has 2 aromatic rings. The largest absolute Gasteiger partial charge is 0.453 e. The average molecular weight is 366 g/mol. The summed E-state index contributed by atoms with van der Waals surface area (Å²) < 4.78 is 37.9. The molecule has 0 aliphatic rings. The topological polar surface area (TPSA) is 85.8 Å².